The van der Waals surface area contributed by atoms with Gasteiger partial charge in [-0.3, -0.25) is 14.9 Å². The first-order chi connectivity index (χ1) is 15.9. The Balaban J connectivity index is 1.91. The van der Waals surface area contributed by atoms with E-state index in [1.54, 1.807) is 29.8 Å². The summed E-state index contributed by atoms with van der Waals surface area (Å²) in [6.07, 6.45) is 0. The molecule has 5 aromatic rings. The van der Waals surface area contributed by atoms with Crippen molar-refractivity contribution in [2.45, 2.75) is 13.8 Å². The fourth-order valence-corrected chi connectivity index (χ4v) is 4.33. The van der Waals surface area contributed by atoms with Gasteiger partial charge in [0.05, 0.1) is 27.0 Å². The molecule has 2 heterocycles. The van der Waals surface area contributed by atoms with Crippen molar-refractivity contribution < 1.29 is 9.34 Å². The molecule has 7 nitrogen and oxygen atoms in total. The summed E-state index contributed by atoms with van der Waals surface area (Å²) in [4.78, 5) is 24.9. The topological polar surface area (TPSA) is 90.3 Å². The molecule has 0 atom stereocenters. The highest BCUT2D eigenvalue weighted by Crippen LogP contribution is 2.44. The van der Waals surface area contributed by atoms with Crippen molar-refractivity contribution in [1.82, 2.24) is 4.57 Å². The maximum absolute atomic E-state index is 13.5. The molecule has 1 N–H and O–H groups in total. The molecule has 3 aromatic carbocycles. The van der Waals surface area contributed by atoms with E-state index in [2.05, 4.69) is 5.32 Å². The fraction of sp³-hybridized carbons (Fsp3) is 0.115. The average molecular weight is 439 g/mol. The van der Waals surface area contributed by atoms with Crippen LogP contribution in [0.4, 0.5) is 17.3 Å². The lowest BCUT2D eigenvalue weighted by molar-refractivity contribution is -0.384. The molecule has 0 fully saturated rings. The summed E-state index contributed by atoms with van der Waals surface area (Å²) in [6, 6.07) is 19.8. The van der Waals surface area contributed by atoms with Crippen LogP contribution in [0.1, 0.15) is 11.1 Å². The maximum Gasteiger partial charge on any atom is 0.277 e. The number of nitrogens with one attached hydrogen (secondary N) is 1. The second kappa shape index (κ2) is 7.63. The lowest BCUT2D eigenvalue weighted by atomic mass is 10.0. The minimum absolute atomic E-state index is 0.0981. The summed E-state index contributed by atoms with van der Waals surface area (Å²) in [6.45, 7) is 3.98. The van der Waals surface area contributed by atoms with Gasteiger partial charge in [-0.2, -0.15) is 0 Å². The van der Waals surface area contributed by atoms with Crippen LogP contribution in [-0.4, -0.2) is 9.49 Å². The molecule has 33 heavy (non-hydrogen) atoms. The summed E-state index contributed by atoms with van der Waals surface area (Å²) >= 11 is 0. The Morgan fingerprint density at radius 2 is 1.73 bits per heavy atom. The Bertz CT molecular complexity index is 1630. The van der Waals surface area contributed by atoms with Crippen LogP contribution in [0.3, 0.4) is 0 Å². The third kappa shape index (κ3) is 3.25. The van der Waals surface area contributed by atoms with E-state index in [0.29, 0.717) is 28.0 Å². The van der Waals surface area contributed by atoms with Crippen LogP contribution in [0.2, 0.25) is 0 Å². The molecule has 0 saturated carbocycles. The van der Waals surface area contributed by atoms with E-state index >= 15 is 0 Å². The molecule has 0 unspecified atom stereocenters. The number of furan rings is 1. The zero-order chi connectivity index (χ0) is 23.3. The van der Waals surface area contributed by atoms with Crippen molar-refractivity contribution in [2.24, 2.45) is 7.05 Å². The lowest BCUT2D eigenvalue weighted by Crippen LogP contribution is -2.17. The van der Waals surface area contributed by atoms with Crippen molar-refractivity contribution in [2.75, 3.05) is 5.32 Å². The van der Waals surface area contributed by atoms with Crippen LogP contribution in [0, 0.1) is 24.0 Å². The average Bonchev–Trinajstić information content (AvgIpc) is 3.18. The van der Waals surface area contributed by atoms with Gasteiger partial charge in [-0.25, -0.2) is 0 Å². The smallest absolute Gasteiger partial charge is 0.277 e. The van der Waals surface area contributed by atoms with Crippen molar-refractivity contribution in [3.05, 3.63) is 98.3 Å². The third-order valence-corrected chi connectivity index (χ3v) is 5.94. The molecule has 5 rings (SSSR count). The van der Waals surface area contributed by atoms with E-state index in [4.69, 9.17) is 4.42 Å². The third-order valence-electron chi connectivity index (χ3n) is 5.94. The molecule has 0 amide bonds. The van der Waals surface area contributed by atoms with Gasteiger partial charge in [0.15, 0.2) is 5.58 Å². The van der Waals surface area contributed by atoms with E-state index in [0.717, 1.165) is 27.7 Å². The molecule has 0 radical (unpaired) electrons. The SMILES string of the molecule is Cc1ccc(Nc2oc3c(c2-c2ccccc2[N+](=O)[O-])c(=O)n(C)c2ccccc32)c(C)c1. The van der Waals surface area contributed by atoms with Crippen LogP contribution < -0.4 is 10.9 Å². The van der Waals surface area contributed by atoms with Crippen LogP contribution >= 0.6 is 0 Å². The van der Waals surface area contributed by atoms with E-state index < -0.39 is 4.92 Å². The Hall–Kier alpha value is -4.39. The molecule has 0 aliphatic rings. The van der Waals surface area contributed by atoms with E-state index in [1.165, 1.54) is 6.07 Å². The first kappa shape index (κ1) is 20.5. The van der Waals surface area contributed by atoms with Crippen LogP contribution in [0.5, 0.6) is 0 Å². The minimum Gasteiger partial charge on any atom is -0.439 e. The zero-order valence-corrected chi connectivity index (χ0v) is 18.4. The Morgan fingerprint density at radius 3 is 2.48 bits per heavy atom. The highest BCUT2D eigenvalue weighted by atomic mass is 16.6. The number of nitro groups is 1. The summed E-state index contributed by atoms with van der Waals surface area (Å²) in [5, 5.41) is 16.2. The molecular formula is C26H21N3O4. The molecule has 164 valence electrons. The largest absolute Gasteiger partial charge is 0.439 e. The summed E-state index contributed by atoms with van der Waals surface area (Å²) < 4.78 is 7.83. The summed E-state index contributed by atoms with van der Waals surface area (Å²) in [7, 11) is 1.69. The number of pyridine rings is 1. The standard InChI is InChI=1S/C26H21N3O4/c1-15-12-13-19(16(2)14-15)27-25-22(17-8-4-7-11-21(17)29(31)32)23-24(33-25)18-9-5-6-10-20(18)28(3)26(23)30/h4-14,27H,1-3H3. The van der Waals surface area contributed by atoms with Crippen molar-refractivity contribution in [3.8, 4) is 11.1 Å². The maximum atomic E-state index is 13.5. The number of aromatic nitrogens is 1. The van der Waals surface area contributed by atoms with Gasteiger partial charge in [-0.15, -0.1) is 0 Å². The molecule has 0 aliphatic carbocycles. The molecule has 0 aliphatic heterocycles. The van der Waals surface area contributed by atoms with E-state index in [9.17, 15) is 14.9 Å². The number of nitro benzene ring substituents is 1. The van der Waals surface area contributed by atoms with Gasteiger partial charge >= 0.3 is 0 Å². The molecule has 2 aromatic heterocycles. The second-order valence-corrected chi connectivity index (χ2v) is 8.11. The number of nitrogens with zero attached hydrogens (tertiary/aromatic N) is 2. The number of hydrogen-bond acceptors (Lipinski definition) is 5. The Labute approximate surface area is 189 Å². The molecular weight excluding hydrogens is 418 g/mol. The Kier molecular flexibility index (Phi) is 4.74. The van der Waals surface area contributed by atoms with Gasteiger partial charge in [-0.1, -0.05) is 42.0 Å². The van der Waals surface area contributed by atoms with Crippen LogP contribution in [0.15, 0.2) is 75.9 Å². The number of para-hydroxylation sites is 2. The van der Waals surface area contributed by atoms with Gasteiger partial charge in [0.2, 0.25) is 5.88 Å². The van der Waals surface area contributed by atoms with Gasteiger partial charge < -0.3 is 14.3 Å². The van der Waals surface area contributed by atoms with Gasteiger partial charge in [0.25, 0.3) is 11.2 Å². The highest BCUT2D eigenvalue weighted by Gasteiger charge is 2.27. The number of rotatable bonds is 4. The number of anilines is 2. The summed E-state index contributed by atoms with van der Waals surface area (Å²) in [5.74, 6) is 0.291. The minimum atomic E-state index is -0.444. The number of fused-ring (bicyclic) bond motifs is 3. The van der Waals surface area contributed by atoms with Gasteiger partial charge in [0.1, 0.15) is 0 Å². The monoisotopic (exact) mass is 439 g/mol. The van der Waals surface area contributed by atoms with E-state index in [-0.39, 0.29) is 11.2 Å². The van der Waals surface area contributed by atoms with Gasteiger partial charge in [0, 0.05) is 24.2 Å². The molecule has 0 saturated heterocycles. The highest BCUT2D eigenvalue weighted by molar-refractivity contribution is 6.12. The van der Waals surface area contributed by atoms with Gasteiger partial charge in [-0.05, 0) is 43.7 Å². The quantitative estimate of drug-likeness (QED) is 0.265. The summed E-state index contributed by atoms with van der Waals surface area (Å²) in [5.41, 5.74) is 4.33. The second-order valence-electron chi connectivity index (χ2n) is 8.11. The predicted molar refractivity (Wildman–Crippen MR) is 130 cm³/mol. The molecule has 7 heteroatoms. The van der Waals surface area contributed by atoms with Crippen molar-refractivity contribution in [3.63, 3.8) is 0 Å². The van der Waals surface area contributed by atoms with Crippen molar-refractivity contribution >= 4 is 39.1 Å². The predicted octanol–water partition coefficient (Wildman–Crippen LogP) is 6.22. The normalized spacial score (nSPS) is 11.2. The first-order valence-corrected chi connectivity index (χ1v) is 10.5. The molecule has 0 spiro atoms. The fourth-order valence-electron chi connectivity index (χ4n) is 4.33. The van der Waals surface area contributed by atoms with Crippen LogP contribution in [0.25, 0.3) is 33.0 Å². The lowest BCUT2D eigenvalue weighted by Gasteiger charge is -2.10. The Morgan fingerprint density at radius 1 is 1.00 bits per heavy atom. The van der Waals surface area contributed by atoms with Crippen molar-refractivity contribution in [1.29, 1.82) is 0 Å². The number of aryl methyl sites for hydroxylation is 3. The first-order valence-electron chi connectivity index (χ1n) is 10.5. The number of benzene rings is 3. The van der Waals surface area contributed by atoms with Crippen LogP contribution in [-0.2, 0) is 7.05 Å². The molecule has 0 bridgehead atoms. The van der Waals surface area contributed by atoms with E-state index in [1.807, 2.05) is 56.3 Å². The number of hydrogen-bond donors (Lipinski definition) is 1. The zero-order valence-electron chi connectivity index (χ0n) is 18.4.